The molecule has 0 atom stereocenters. The average Bonchev–Trinajstić information content (AvgIpc) is 2.47. The van der Waals surface area contributed by atoms with E-state index in [0.29, 0.717) is 5.69 Å². The highest BCUT2D eigenvalue weighted by molar-refractivity contribution is 7.21. The number of hydrogen-bond donors (Lipinski definition) is 2. The molecule has 0 amide bonds. The Hall–Kier alpha value is -1.42. The Balaban J connectivity index is 2.75. The molecule has 0 aliphatic rings. The third kappa shape index (κ3) is 1.29. The van der Waals surface area contributed by atoms with Crippen molar-refractivity contribution in [3.8, 4) is 10.8 Å². The van der Waals surface area contributed by atoms with Gasteiger partial charge in [0.25, 0.3) is 0 Å². The van der Waals surface area contributed by atoms with Gasteiger partial charge in [-0.3, -0.25) is 0 Å². The lowest BCUT2D eigenvalue weighted by atomic mass is 10.2. The summed E-state index contributed by atoms with van der Waals surface area (Å²) in [6, 6.07) is 5.21. The van der Waals surface area contributed by atoms with Crippen LogP contribution in [-0.2, 0) is 0 Å². The molecular formula is C9H9NO2S. The Kier molecular flexibility index (Phi) is 1.77. The summed E-state index contributed by atoms with van der Waals surface area (Å²) in [5.41, 5.74) is 6.14. The number of phenols is 1. The molecule has 1 aromatic heterocycles. The Labute approximate surface area is 79.4 Å². The van der Waals surface area contributed by atoms with E-state index < -0.39 is 0 Å². The molecule has 0 aliphatic heterocycles. The molecule has 13 heavy (non-hydrogen) atoms. The van der Waals surface area contributed by atoms with Crippen molar-refractivity contribution in [1.82, 2.24) is 0 Å². The van der Waals surface area contributed by atoms with Gasteiger partial charge in [0.05, 0.1) is 11.8 Å². The van der Waals surface area contributed by atoms with Crippen LogP contribution in [0, 0.1) is 0 Å². The van der Waals surface area contributed by atoms with Crippen LogP contribution in [0.3, 0.4) is 0 Å². The summed E-state index contributed by atoms with van der Waals surface area (Å²) in [5.74, 6) is 0.211. The maximum atomic E-state index is 9.54. The monoisotopic (exact) mass is 195 g/mol. The quantitative estimate of drug-likeness (QED) is 0.686. The highest BCUT2D eigenvalue weighted by atomic mass is 32.1. The maximum absolute atomic E-state index is 9.54. The number of phenolic OH excluding ortho intramolecular Hbond substituents is 1. The summed E-state index contributed by atoms with van der Waals surface area (Å²) in [6.45, 7) is 0. The lowest BCUT2D eigenvalue weighted by molar-refractivity contribution is 0.427. The molecule has 68 valence electrons. The third-order valence-electron chi connectivity index (χ3n) is 1.80. The van der Waals surface area contributed by atoms with E-state index >= 15 is 0 Å². The van der Waals surface area contributed by atoms with Gasteiger partial charge in [-0.05, 0) is 12.1 Å². The second kappa shape index (κ2) is 2.81. The number of ether oxygens (including phenoxy) is 1. The van der Waals surface area contributed by atoms with Crippen LogP contribution < -0.4 is 10.5 Å². The molecule has 0 saturated carbocycles. The predicted octanol–water partition coefficient (Wildman–Crippen LogP) is 2.20. The van der Waals surface area contributed by atoms with Gasteiger partial charge in [-0.15, -0.1) is 0 Å². The van der Waals surface area contributed by atoms with E-state index in [-0.39, 0.29) is 5.75 Å². The Bertz CT molecular complexity index is 450. The molecule has 3 N–H and O–H groups in total. The number of nitrogens with two attached hydrogens (primary N) is 1. The smallest absolute Gasteiger partial charge is 0.174 e. The summed E-state index contributed by atoms with van der Waals surface area (Å²) in [7, 11) is 1.60. The Morgan fingerprint density at radius 2 is 2.15 bits per heavy atom. The first-order valence-electron chi connectivity index (χ1n) is 3.76. The van der Waals surface area contributed by atoms with Gasteiger partial charge < -0.3 is 15.6 Å². The number of anilines is 1. The van der Waals surface area contributed by atoms with Crippen LogP contribution in [-0.4, -0.2) is 12.2 Å². The highest BCUT2D eigenvalue weighted by Gasteiger charge is 2.06. The number of aromatic hydroxyl groups is 1. The minimum Gasteiger partial charge on any atom is -0.506 e. The van der Waals surface area contributed by atoms with Crippen molar-refractivity contribution in [3.05, 3.63) is 18.2 Å². The maximum Gasteiger partial charge on any atom is 0.174 e. The molecule has 1 aromatic carbocycles. The molecule has 1 heterocycles. The van der Waals surface area contributed by atoms with Crippen LogP contribution in [0.4, 0.5) is 5.69 Å². The predicted molar refractivity (Wildman–Crippen MR) is 54.5 cm³/mol. The largest absolute Gasteiger partial charge is 0.506 e. The first-order valence-corrected chi connectivity index (χ1v) is 4.58. The van der Waals surface area contributed by atoms with Gasteiger partial charge in [0, 0.05) is 17.1 Å². The first-order chi connectivity index (χ1) is 6.20. The molecule has 0 radical (unpaired) electrons. The van der Waals surface area contributed by atoms with E-state index in [2.05, 4.69) is 0 Å². The summed E-state index contributed by atoms with van der Waals surface area (Å²) in [4.78, 5) is 0. The molecule has 2 aromatic rings. The van der Waals surface area contributed by atoms with Crippen molar-refractivity contribution in [3.63, 3.8) is 0 Å². The standard InChI is InChI=1S/C9H9NO2S/c1-12-8-3-5-2-6(10)4-7(11)9(5)13-8/h2-4,11H,10H2,1H3. The molecule has 0 bridgehead atoms. The fourth-order valence-corrected chi connectivity index (χ4v) is 2.10. The molecular weight excluding hydrogens is 186 g/mol. The van der Waals surface area contributed by atoms with E-state index in [1.165, 1.54) is 17.4 Å². The number of rotatable bonds is 1. The van der Waals surface area contributed by atoms with Crippen LogP contribution >= 0.6 is 11.3 Å². The summed E-state index contributed by atoms with van der Waals surface area (Å²) in [5, 5.41) is 11.2. The van der Waals surface area contributed by atoms with E-state index in [1.807, 2.05) is 12.1 Å². The zero-order valence-electron chi connectivity index (χ0n) is 7.07. The molecule has 0 spiro atoms. The first kappa shape index (κ1) is 8.19. The van der Waals surface area contributed by atoms with E-state index in [9.17, 15) is 5.11 Å². The molecule has 0 aliphatic carbocycles. The molecule has 3 nitrogen and oxygen atoms in total. The van der Waals surface area contributed by atoms with Gasteiger partial charge in [-0.25, -0.2) is 0 Å². The van der Waals surface area contributed by atoms with Crippen molar-refractivity contribution in [2.24, 2.45) is 0 Å². The molecule has 4 heteroatoms. The minimum absolute atomic E-state index is 0.211. The van der Waals surface area contributed by atoms with Crippen LogP contribution in [0.25, 0.3) is 10.1 Å². The number of benzene rings is 1. The lowest BCUT2D eigenvalue weighted by Gasteiger charge is -1.95. The van der Waals surface area contributed by atoms with E-state index in [0.717, 1.165) is 15.1 Å². The fraction of sp³-hybridized carbons (Fsp3) is 0.111. The molecule has 2 rings (SSSR count). The number of hydrogen-bond acceptors (Lipinski definition) is 4. The van der Waals surface area contributed by atoms with Crippen LogP contribution in [0.5, 0.6) is 10.8 Å². The molecule has 0 fully saturated rings. The van der Waals surface area contributed by atoms with Gasteiger partial charge in [0.15, 0.2) is 5.06 Å². The summed E-state index contributed by atoms with van der Waals surface area (Å²) in [6.07, 6.45) is 0. The van der Waals surface area contributed by atoms with Crippen molar-refractivity contribution in [1.29, 1.82) is 0 Å². The number of nitrogen functional groups attached to an aromatic ring is 1. The second-order valence-electron chi connectivity index (χ2n) is 2.73. The third-order valence-corrected chi connectivity index (χ3v) is 2.93. The zero-order chi connectivity index (χ0) is 9.42. The fourth-order valence-electron chi connectivity index (χ4n) is 1.23. The van der Waals surface area contributed by atoms with Crippen molar-refractivity contribution in [2.45, 2.75) is 0 Å². The summed E-state index contributed by atoms with van der Waals surface area (Å²) < 4.78 is 5.87. The SMILES string of the molecule is COc1cc2cc(N)cc(O)c2s1. The Morgan fingerprint density at radius 3 is 2.85 bits per heavy atom. The minimum atomic E-state index is 0.211. The van der Waals surface area contributed by atoms with E-state index in [4.69, 9.17) is 10.5 Å². The van der Waals surface area contributed by atoms with Gasteiger partial charge in [-0.2, -0.15) is 0 Å². The number of thiophene rings is 1. The zero-order valence-corrected chi connectivity index (χ0v) is 7.89. The Morgan fingerprint density at radius 1 is 1.38 bits per heavy atom. The average molecular weight is 195 g/mol. The van der Waals surface area contributed by atoms with Gasteiger partial charge in [-0.1, -0.05) is 11.3 Å². The van der Waals surface area contributed by atoms with Crippen LogP contribution in [0.15, 0.2) is 18.2 Å². The van der Waals surface area contributed by atoms with Gasteiger partial charge >= 0.3 is 0 Å². The number of methoxy groups -OCH3 is 1. The van der Waals surface area contributed by atoms with Crippen molar-refractivity contribution in [2.75, 3.05) is 12.8 Å². The van der Waals surface area contributed by atoms with Crippen molar-refractivity contribution < 1.29 is 9.84 Å². The van der Waals surface area contributed by atoms with Gasteiger partial charge in [0.1, 0.15) is 5.75 Å². The topological polar surface area (TPSA) is 55.5 Å². The normalized spacial score (nSPS) is 10.5. The second-order valence-corrected chi connectivity index (χ2v) is 3.74. The van der Waals surface area contributed by atoms with Crippen molar-refractivity contribution >= 4 is 27.1 Å². The molecule has 0 saturated heterocycles. The van der Waals surface area contributed by atoms with E-state index in [1.54, 1.807) is 7.11 Å². The highest BCUT2D eigenvalue weighted by Crippen LogP contribution is 2.38. The summed E-state index contributed by atoms with van der Waals surface area (Å²) >= 11 is 1.40. The lowest BCUT2D eigenvalue weighted by Crippen LogP contribution is -1.82. The molecule has 0 unspecified atom stereocenters. The van der Waals surface area contributed by atoms with Crippen LogP contribution in [0.2, 0.25) is 0 Å². The van der Waals surface area contributed by atoms with Gasteiger partial charge in [0.2, 0.25) is 0 Å². The number of fused-ring (bicyclic) bond motifs is 1. The van der Waals surface area contributed by atoms with Crippen LogP contribution in [0.1, 0.15) is 0 Å².